The van der Waals surface area contributed by atoms with Crippen molar-refractivity contribution in [2.75, 3.05) is 13.1 Å². The molecule has 0 aliphatic rings. The molecule has 1 rings (SSSR count). The smallest absolute Gasteiger partial charge is 0.242 e. The van der Waals surface area contributed by atoms with Gasteiger partial charge in [0.2, 0.25) is 10.0 Å². The van der Waals surface area contributed by atoms with Crippen molar-refractivity contribution in [2.24, 2.45) is 0 Å². The molecule has 0 saturated heterocycles. The van der Waals surface area contributed by atoms with Gasteiger partial charge in [-0.15, -0.1) is 0 Å². The molecule has 0 radical (unpaired) electrons. The summed E-state index contributed by atoms with van der Waals surface area (Å²) in [5.41, 5.74) is 0.190. The minimum absolute atomic E-state index is 0.0612. The Kier molecular flexibility index (Phi) is 5.22. The zero-order chi connectivity index (χ0) is 13.6. The van der Waals surface area contributed by atoms with Crippen LogP contribution in [0.15, 0.2) is 23.2 Å². The highest BCUT2D eigenvalue weighted by Gasteiger charge is 2.13. The summed E-state index contributed by atoms with van der Waals surface area (Å²) in [6.07, 6.45) is 1.18. The van der Waals surface area contributed by atoms with Gasteiger partial charge in [-0.1, -0.05) is 13.8 Å². The van der Waals surface area contributed by atoms with Crippen LogP contribution in [-0.4, -0.2) is 32.5 Å². The van der Waals surface area contributed by atoms with Crippen LogP contribution in [0.4, 0.5) is 0 Å². The Morgan fingerprint density at radius 1 is 1.39 bits per heavy atom. The third kappa shape index (κ3) is 4.41. The van der Waals surface area contributed by atoms with Crippen LogP contribution < -0.4 is 10.0 Å². The predicted octanol–water partition coefficient (Wildman–Crippen LogP) is 0.230. The van der Waals surface area contributed by atoms with E-state index in [0.717, 1.165) is 0 Å². The van der Waals surface area contributed by atoms with Crippen LogP contribution in [0.2, 0.25) is 0 Å². The van der Waals surface area contributed by atoms with E-state index in [-0.39, 0.29) is 10.6 Å². The lowest BCUT2D eigenvalue weighted by Gasteiger charge is -2.09. The minimum atomic E-state index is -3.55. The molecule has 0 amide bonds. The highest BCUT2D eigenvalue weighted by Crippen LogP contribution is 2.06. The van der Waals surface area contributed by atoms with Gasteiger partial charge in [-0.25, -0.2) is 18.1 Å². The second-order valence-corrected chi connectivity index (χ2v) is 5.76. The number of nitrogens with zero attached hydrogens (tertiary/aromatic N) is 2. The normalized spacial score (nSPS) is 11.4. The summed E-state index contributed by atoms with van der Waals surface area (Å²) in [5.74, 6) is 0. The zero-order valence-electron chi connectivity index (χ0n) is 10.3. The highest BCUT2D eigenvalue weighted by atomic mass is 32.2. The molecular formula is C11H16N4O2S. The second-order valence-electron chi connectivity index (χ2n) is 4.00. The van der Waals surface area contributed by atoms with E-state index in [4.69, 9.17) is 5.26 Å². The molecule has 0 unspecified atom stereocenters. The van der Waals surface area contributed by atoms with Crippen molar-refractivity contribution in [3.8, 4) is 6.07 Å². The Labute approximate surface area is 107 Å². The summed E-state index contributed by atoms with van der Waals surface area (Å²) in [4.78, 5) is 3.79. The van der Waals surface area contributed by atoms with Gasteiger partial charge in [0.1, 0.15) is 16.7 Å². The van der Waals surface area contributed by atoms with Crippen LogP contribution in [0.25, 0.3) is 0 Å². The van der Waals surface area contributed by atoms with Crippen molar-refractivity contribution in [1.82, 2.24) is 15.0 Å². The highest BCUT2D eigenvalue weighted by molar-refractivity contribution is 7.89. The zero-order valence-corrected chi connectivity index (χ0v) is 11.2. The number of sulfonamides is 1. The van der Waals surface area contributed by atoms with Gasteiger partial charge in [0.05, 0.1) is 0 Å². The fourth-order valence-electron chi connectivity index (χ4n) is 1.23. The van der Waals surface area contributed by atoms with Gasteiger partial charge < -0.3 is 5.32 Å². The van der Waals surface area contributed by atoms with E-state index in [0.29, 0.717) is 19.1 Å². The summed E-state index contributed by atoms with van der Waals surface area (Å²) in [6.45, 7) is 4.83. The molecule has 0 spiro atoms. The van der Waals surface area contributed by atoms with Crippen molar-refractivity contribution in [3.05, 3.63) is 24.0 Å². The lowest BCUT2D eigenvalue weighted by Crippen LogP contribution is -2.34. The molecule has 1 aromatic rings. The first kappa shape index (κ1) is 14.6. The summed E-state index contributed by atoms with van der Waals surface area (Å²) in [6, 6.07) is 4.89. The Bertz CT molecular complexity index is 517. The number of hydrogen-bond donors (Lipinski definition) is 2. The molecule has 7 heteroatoms. The van der Waals surface area contributed by atoms with E-state index >= 15 is 0 Å². The van der Waals surface area contributed by atoms with Crippen LogP contribution in [0.1, 0.15) is 19.5 Å². The monoisotopic (exact) mass is 268 g/mol. The number of nitrogens with one attached hydrogen (secondary N) is 2. The van der Waals surface area contributed by atoms with E-state index in [1.807, 2.05) is 19.9 Å². The molecule has 0 aliphatic heterocycles. The van der Waals surface area contributed by atoms with Crippen molar-refractivity contribution >= 4 is 10.0 Å². The van der Waals surface area contributed by atoms with Crippen LogP contribution in [-0.2, 0) is 10.0 Å². The van der Waals surface area contributed by atoms with Gasteiger partial charge in [-0.3, -0.25) is 0 Å². The molecule has 0 aromatic carbocycles. The second kappa shape index (κ2) is 6.44. The van der Waals surface area contributed by atoms with Crippen LogP contribution in [0, 0.1) is 11.3 Å². The van der Waals surface area contributed by atoms with Gasteiger partial charge in [0.15, 0.2) is 0 Å². The molecule has 2 N–H and O–H groups in total. The topological polar surface area (TPSA) is 94.9 Å². The van der Waals surface area contributed by atoms with E-state index in [1.165, 1.54) is 18.3 Å². The molecule has 98 valence electrons. The Morgan fingerprint density at radius 3 is 2.61 bits per heavy atom. The fraction of sp³-hybridized carbons (Fsp3) is 0.455. The number of nitriles is 1. The first-order valence-electron chi connectivity index (χ1n) is 5.55. The first-order valence-corrected chi connectivity index (χ1v) is 7.03. The van der Waals surface area contributed by atoms with Crippen LogP contribution in [0.5, 0.6) is 0 Å². The molecule has 1 heterocycles. The summed E-state index contributed by atoms with van der Waals surface area (Å²) in [7, 11) is -3.55. The quantitative estimate of drug-likeness (QED) is 0.720. The maximum atomic E-state index is 11.8. The Balaban J connectivity index is 2.60. The first-order chi connectivity index (χ1) is 8.45. The molecule has 1 aromatic heterocycles. The summed E-state index contributed by atoms with van der Waals surface area (Å²) >= 11 is 0. The maximum absolute atomic E-state index is 11.8. The Hall–Kier alpha value is -1.49. The molecular weight excluding hydrogens is 252 g/mol. The van der Waals surface area contributed by atoms with Gasteiger partial charge in [-0.2, -0.15) is 5.26 Å². The molecule has 0 atom stereocenters. The van der Waals surface area contributed by atoms with E-state index in [2.05, 4.69) is 15.0 Å². The molecule has 0 aliphatic carbocycles. The van der Waals surface area contributed by atoms with Crippen molar-refractivity contribution in [1.29, 1.82) is 5.26 Å². The predicted molar refractivity (Wildman–Crippen MR) is 67.3 cm³/mol. The lowest BCUT2D eigenvalue weighted by atomic mass is 10.4. The number of aromatic nitrogens is 1. The number of hydrogen-bond acceptors (Lipinski definition) is 5. The molecule has 0 saturated carbocycles. The van der Waals surface area contributed by atoms with E-state index < -0.39 is 10.0 Å². The van der Waals surface area contributed by atoms with Crippen molar-refractivity contribution < 1.29 is 8.42 Å². The van der Waals surface area contributed by atoms with Gasteiger partial charge in [0, 0.05) is 25.3 Å². The lowest BCUT2D eigenvalue weighted by molar-refractivity contribution is 0.559. The molecule has 18 heavy (non-hydrogen) atoms. The van der Waals surface area contributed by atoms with E-state index in [1.54, 1.807) is 0 Å². The van der Waals surface area contributed by atoms with Gasteiger partial charge in [-0.05, 0) is 12.1 Å². The van der Waals surface area contributed by atoms with Crippen molar-refractivity contribution in [3.63, 3.8) is 0 Å². The Morgan fingerprint density at radius 2 is 2.11 bits per heavy atom. The molecule has 6 nitrogen and oxygen atoms in total. The third-order valence-corrected chi connectivity index (χ3v) is 3.58. The van der Waals surface area contributed by atoms with Crippen LogP contribution in [0.3, 0.4) is 0 Å². The van der Waals surface area contributed by atoms with Gasteiger partial charge >= 0.3 is 0 Å². The summed E-state index contributed by atoms with van der Waals surface area (Å²) in [5, 5.41) is 11.7. The third-order valence-electron chi connectivity index (χ3n) is 2.13. The average Bonchev–Trinajstić information content (AvgIpc) is 2.34. The SMILES string of the molecule is CC(C)NCCNS(=O)(=O)c1ccc(C#N)nc1. The molecule has 0 fully saturated rings. The average molecular weight is 268 g/mol. The largest absolute Gasteiger partial charge is 0.313 e. The van der Waals surface area contributed by atoms with Gasteiger partial charge in [0.25, 0.3) is 0 Å². The number of pyridine rings is 1. The van der Waals surface area contributed by atoms with Crippen molar-refractivity contribution in [2.45, 2.75) is 24.8 Å². The van der Waals surface area contributed by atoms with Crippen LogP contribution >= 0.6 is 0 Å². The summed E-state index contributed by atoms with van der Waals surface area (Å²) < 4.78 is 26.1. The minimum Gasteiger partial charge on any atom is -0.313 e. The number of rotatable bonds is 6. The maximum Gasteiger partial charge on any atom is 0.242 e. The fourth-order valence-corrected chi connectivity index (χ4v) is 2.21. The molecule has 0 bridgehead atoms. The van der Waals surface area contributed by atoms with E-state index in [9.17, 15) is 8.42 Å². The standard InChI is InChI=1S/C11H16N4O2S/c1-9(2)13-5-6-15-18(16,17)11-4-3-10(7-12)14-8-11/h3-4,8-9,13,15H,5-6H2,1-2H3.